The lowest BCUT2D eigenvalue weighted by Gasteiger charge is -2.13. The van der Waals surface area contributed by atoms with Crippen molar-refractivity contribution in [2.45, 2.75) is 39.7 Å². The summed E-state index contributed by atoms with van der Waals surface area (Å²) >= 11 is 0. The molecule has 0 bridgehead atoms. The van der Waals surface area contributed by atoms with Crippen LogP contribution in [-0.2, 0) is 14.3 Å². The van der Waals surface area contributed by atoms with Crippen LogP contribution in [-0.4, -0.2) is 23.8 Å². The molecule has 5 heteroatoms. The van der Waals surface area contributed by atoms with Crippen molar-refractivity contribution < 1.29 is 19.1 Å². The van der Waals surface area contributed by atoms with Crippen LogP contribution in [0.15, 0.2) is 24.3 Å². The molecule has 2 rings (SSSR count). The summed E-state index contributed by atoms with van der Waals surface area (Å²) in [6.07, 6.45) is 0.915. The van der Waals surface area contributed by atoms with E-state index in [2.05, 4.69) is 5.32 Å². The van der Waals surface area contributed by atoms with Gasteiger partial charge in [0.05, 0.1) is 5.92 Å². The Morgan fingerprint density at radius 2 is 1.68 bits per heavy atom. The molecule has 0 spiro atoms. The highest BCUT2D eigenvalue weighted by Crippen LogP contribution is 2.30. The van der Waals surface area contributed by atoms with Gasteiger partial charge in [-0.3, -0.25) is 14.4 Å². The fourth-order valence-electron chi connectivity index (χ4n) is 1.88. The largest absolute Gasteiger partial charge is 0.454 e. The Labute approximate surface area is 130 Å². The summed E-state index contributed by atoms with van der Waals surface area (Å²) in [5, 5.41) is 2.76. The number of amides is 1. The minimum absolute atomic E-state index is 0.0242. The number of benzene rings is 1. The number of rotatable bonds is 6. The number of hydrogen-bond acceptors (Lipinski definition) is 4. The van der Waals surface area contributed by atoms with E-state index in [1.165, 1.54) is 0 Å². The van der Waals surface area contributed by atoms with Crippen molar-refractivity contribution in [2.24, 2.45) is 11.8 Å². The van der Waals surface area contributed by atoms with Gasteiger partial charge in [0.25, 0.3) is 0 Å². The van der Waals surface area contributed by atoms with Gasteiger partial charge in [-0.1, -0.05) is 13.8 Å². The number of esters is 1. The van der Waals surface area contributed by atoms with Crippen LogP contribution in [0.5, 0.6) is 0 Å². The maximum absolute atomic E-state index is 12.2. The Hall–Kier alpha value is -2.17. The number of anilines is 1. The van der Waals surface area contributed by atoms with E-state index in [0.717, 1.165) is 12.8 Å². The Morgan fingerprint density at radius 3 is 2.18 bits per heavy atom. The maximum atomic E-state index is 12.2. The first-order chi connectivity index (χ1) is 10.4. The van der Waals surface area contributed by atoms with Gasteiger partial charge in [0.2, 0.25) is 11.7 Å². The zero-order valence-electron chi connectivity index (χ0n) is 13.1. The molecule has 1 aliphatic carbocycles. The molecule has 0 heterocycles. The number of carbonyl (C=O) groups is 3. The van der Waals surface area contributed by atoms with Gasteiger partial charge in [0, 0.05) is 17.2 Å². The third kappa shape index (κ3) is 4.16. The van der Waals surface area contributed by atoms with E-state index in [1.807, 2.05) is 13.8 Å². The average Bonchev–Trinajstić information content (AvgIpc) is 3.31. The molecule has 22 heavy (non-hydrogen) atoms. The molecule has 1 unspecified atom stereocenters. The monoisotopic (exact) mass is 303 g/mol. The van der Waals surface area contributed by atoms with Crippen molar-refractivity contribution in [3.8, 4) is 0 Å². The molecule has 118 valence electrons. The summed E-state index contributed by atoms with van der Waals surface area (Å²) in [5.41, 5.74) is 1.09. The summed E-state index contributed by atoms with van der Waals surface area (Å²) < 4.78 is 5.16. The molecule has 1 aliphatic rings. The second kappa shape index (κ2) is 6.73. The van der Waals surface area contributed by atoms with Crippen LogP contribution in [0.2, 0.25) is 0 Å². The average molecular weight is 303 g/mol. The normalized spacial score (nSPS) is 15.3. The zero-order valence-corrected chi connectivity index (χ0v) is 13.1. The predicted octanol–water partition coefficient (Wildman–Crippen LogP) is 2.81. The number of hydrogen-bond donors (Lipinski definition) is 1. The second-order valence-electron chi connectivity index (χ2n) is 5.94. The minimum Gasteiger partial charge on any atom is -0.454 e. The molecule has 1 amide bonds. The SMILES string of the molecule is CC(C)C(=O)Nc1ccc(C(=O)C(C)OC(=O)C2CC2)cc1. The van der Waals surface area contributed by atoms with E-state index < -0.39 is 6.10 Å². The Morgan fingerprint density at radius 1 is 1.09 bits per heavy atom. The molecule has 1 fully saturated rings. The Bertz CT molecular complexity index is 573. The van der Waals surface area contributed by atoms with Crippen LogP contribution in [0.25, 0.3) is 0 Å². The molecule has 0 aliphatic heterocycles. The molecule has 1 atom stereocenters. The summed E-state index contributed by atoms with van der Waals surface area (Å²) in [6.45, 7) is 5.20. The fourth-order valence-corrected chi connectivity index (χ4v) is 1.88. The van der Waals surface area contributed by atoms with E-state index >= 15 is 0 Å². The van der Waals surface area contributed by atoms with Gasteiger partial charge < -0.3 is 10.1 Å². The fraction of sp³-hybridized carbons (Fsp3) is 0.471. The first kappa shape index (κ1) is 16.2. The van der Waals surface area contributed by atoms with Crippen LogP contribution in [0.3, 0.4) is 0 Å². The van der Waals surface area contributed by atoms with Gasteiger partial charge in [-0.25, -0.2) is 0 Å². The quantitative estimate of drug-likeness (QED) is 0.648. The molecule has 1 aromatic rings. The third-order valence-electron chi connectivity index (χ3n) is 3.53. The molecule has 1 saturated carbocycles. The smallest absolute Gasteiger partial charge is 0.309 e. The zero-order chi connectivity index (χ0) is 16.3. The van der Waals surface area contributed by atoms with Gasteiger partial charge in [0.15, 0.2) is 6.10 Å². The number of ether oxygens (including phenoxy) is 1. The third-order valence-corrected chi connectivity index (χ3v) is 3.53. The Balaban J connectivity index is 1.95. The van der Waals surface area contributed by atoms with Gasteiger partial charge in [-0.15, -0.1) is 0 Å². The molecule has 0 radical (unpaired) electrons. The molecule has 0 aromatic heterocycles. The van der Waals surface area contributed by atoms with Gasteiger partial charge in [-0.2, -0.15) is 0 Å². The summed E-state index contributed by atoms with van der Waals surface area (Å²) in [5.74, 6) is -0.741. The lowest BCUT2D eigenvalue weighted by molar-refractivity contribution is -0.147. The highest BCUT2D eigenvalue weighted by atomic mass is 16.5. The van der Waals surface area contributed by atoms with E-state index in [1.54, 1.807) is 31.2 Å². The maximum Gasteiger partial charge on any atom is 0.309 e. The molecular formula is C17H21NO4. The number of nitrogens with one attached hydrogen (secondary N) is 1. The topological polar surface area (TPSA) is 72.5 Å². The van der Waals surface area contributed by atoms with Gasteiger partial charge in [-0.05, 0) is 44.0 Å². The standard InChI is InChI=1S/C17H21NO4/c1-10(2)16(20)18-14-8-6-12(7-9-14)15(19)11(3)22-17(21)13-4-5-13/h6-11,13H,4-5H2,1-3H3,(H,18,20). The summed E-state index contributed by atoms with van der Waals surface area (Å²) in [7, 11) is 0. The summed E-state index contributed by atoms with van der Waals surface area (Å²) in [6, 6.07) is 6.59. The van der Waals surface area contributed by atoms with E-state index in [-0.39, 0.29) is 29.5 Å². The Kier molecular flexibility index (Phi) is 4.96. The van der Waals surface area contributed by atoms with Crippen molar-refractivity contribution in [1.29, 1.82) is 0 Å². The number of Topliss-reactive ketones (excluding diaryl/α,β-unsaturated/α-hetero) is 1. The van der Waals surface area contributed by atoms with Gasteiger partial charge >= 0.3 is 5.97 Å². The number of ketones is 1. The van der Waals surface area contributed by atoms with Crippen LogP contribution >= 0.6 is 0 Å². The van der Waals surface area contributed by atoms with E-state index in [0.29, 0.717) is 11.3 Å². The highest BCUT2D eigenvalue weighted by molar-refractivity contribution is 6.01. The molecule has 0 saturated heterocycles. The highest BCUT2D eigenvalue weighted by Gasteiger charge is 2.33. The molecular weight excluding hydrogens is 282 g/mol. The molecule has 1 N–H and O–H groups in total. The molecule has 5 nitrogen and oxygen atoms in total. The number of carbonyl (C=O) groups excluding carboxylic acids is 3. The van der Waals surface area contributed by atoms with Crippen molar-refractivity contribution in [1.82, 2.24) is 0 Å². The van der Waals surface area contributed by atoms with Crippen LogP contribution < -0.4 is 5.32 Å². The van der Waals surface area contributed by atoms with E-state index in [9.17, 15) is 14.4 Å². The van der Waals surface area contributed by atoms with E-state index in [4.69, 9.17) is 4.74 Å². The minimum atomic E-state index is -0.788. The first-order valence-corrected chi connectivity index (χ1v) is 7.54. The van der Waals surface area contributed by atoms with Gasteiger partial charge in [0.1, 0.15) is 0 Å². The second-order valence-corrected chi connectivity index (χ2v) is 5.94. The first-order valence-electron chi connectivity index (χ1n) is 7.54. The van der Waals surface area contributed by atoms with Crippen molar-refractivity contribution >= 4 is 23.3 Å². The lowest BCUT2D eigenvalue weighted by atomic mass is 10.1. The van der Waals surface area contributed by atoms with Crippen molar-refractivity contribution in [3.05, 3.63) is 29.8 Å². The predicted molar refractivity (Wildman–Crippen MR) is 82.5 cm³/mol. The van der Waals surface area contributed by atoms with Crippen LogP contribution in [0.1, 0.15) is 44.0 Å². The van der Waals surface area contributed by atoms with Crippen molar-refractivity contribution in [2.75, 3.05) is 5.32 Å². The van der Waals surface area contributed by atoms with Crippen molar-refractivity contribution in [3.63, 3.8) is 0 Å². The lowest BCUT2D eigenvalue weighted by Crippen LogP contribution is -2.25. The van der Waals surface area contributed by atoms with Crippen LogP contribution in [0, 0.1) is 11.8 Å². The molecule has 1 aromatic carbocycles. The van der Waals surface area contributed by atoms with Crippen LogP contribution in [0.4, 0.5) is 5.69 Å². The summed E-state index contributed by atoms with van der Waals surface area (Å²) in [4.78, 5) is 35.4.